The zero-order valence-corrected chi connectivity index (χ0v) is 11.5. The molecule has 0 bridgehead atoms. The van der Waals surface area contributed by atoms with Gasteiger partial charge in [-0.05, 0) is 35.9 Å². The third kappa shape index (κ3) is 3.37. The van der Waals surface area contributed by atoms with Gasteiger partial charge >= 0.3 is 0 Å². The summed E-state index contributed by atoms with van der Waals surface area (Å²) in [6, 6.07) is 7.48. The van der Waals surface area contributed by atoms with Crippen LogP contribution in [-0.2, 0) is 6.42 Å². The largest absolute Gasteiger partial charge is 0.294 e. The third-order valence-corrected chi connectivity index (χ3v) is 3.00. The van der Waals surface area contributed by atoms with Crippen LogP contribution in [0.3, 0.4) is 0 Å². The Hall–Kier alpha value is -1.26. The Labute approximate surface area is 117 Å². The second kappa shape index (κ2) is 5.59. The molecule has 1 heterocycles. The normalized spacial score (nSPS) is 10.4. The number of ketones is 1. The number of benzene rings is 1. The summed E-state index contributed by atoms with van der Waals surface area (Å²) < 4.78 is 13.8. The number of carbonyl (C=O) groups excluding carboxylic acids is 1. The van der Waals surface area contributed by atoms with Crippen molar-refractivity contribution < 1.29 is 9.18 Å². The summed E-state index contributed by atoms with van der Waals surface area (Å²) in [6.07, 6.45) is 1.59. The van der Waals surface area contributed by atoms with Gasteiger partial charge in [0.2, 0.25) is 0 Å². The van der Waals surface area contributed by atoms with E-state index in [0.717, 1.165) is 0 Å². The summed E-state index contributed by atoms with van der Waals surface area (Å²) in [6.45, 7) is 0. The molecule has 92 valence electrons. The molecule has 0 aliphatic rings. The maximum Gasteiger partial charge on any atom is 0.167 e. The summed E-state index contributed by atoms with van der Waals surface area (Å²) in [7, 11) is 0. The van der Waals surface area contributed by atoms with Gasteiger partial charge in [0.1, 0.15) is 11.0 Å². The zero-order chi connectivity index (χ0) is 13.1. The Morgan fingerprint density at radius 3 is 2.78 bits per heavy atom. The van der Waals surface area contributed by atoms with E-state index in [1.165, 1.54) is 24.4 Å². The van der Waals surface area contributed by atoms with Crippen molar-refractivity contribution in [2.45, 2.75) is 6.42 Å². The van der Waals surface area contributed by atoms with E-state index < -0.39 is 0 Å². The number of aromatic nitrogens is 1. The van der Waals surface area contributed by atoms with Crippen LogP contribution in [0.15, 0.2) is 41.0 Å². The summed E-state index contributed by atoms with van der Waals surface area (Å²) in [5.41, 5.74) is 1.08. The van der Waals surface area contributed by atoms with Gasteiger partial charge in [0.05, 0.1) is 0 Å². The molecule has 0 unspecified atom stereocenters. The molecule has 0 saturated carbocycles. The first-order valence-corrected chi connectivity index (χ1v) is 6.31. The van der Waals surface area contributed by atoms with Crippen LogP contribution in [-0.4, -0.2) is 10.8 Å². The van der Waals surface area contributed by atoms with Crippen molar-refractivity contribution in [3.05, 3.63) is 63.1 Å². The second-order valence-electron chi connectivity index (χ2n) is 3.74. The van der Waals surface area contributed by atoms with Crippen LogP contribution in [0.5, 0.6) is 0 Å². The lowest BCUT2D eigenvalue weighted by molar-refractivity contribution is 0.0993. The predicted octanol–water partition coefficient (Wildman–Crippen LogP) is 4.06. The van der Waals surface area contributed by atoms with Crippen molar-refractivity contribution in [2.24, 2.45) is 0 Å². The fraction of sp³-hybridized carbons (Fsp3) is 0.0769. The van der Waals surface area contributed by atoms with E-state index in [1.807, 2.05) is 0 Å². The Kier molecular flexibility index (Phi) is 4.09. The number of Topliss-reactive ketones (excluding diaryl/α,β-unsaturated/α-hetero) is 1. The lowest BCUT2D eigenvalue weighted by Gasteiger charge is -2.03. The lowest BCUT2D eigenvalue weighted by atomic mass is 10.0. The van der Waals surface area contributed by atoms with Crippen molar-refractivity contribution in [1.29, 1.82) is 0 Å². The molecule has 0 fully saturated rings. The van der Waals surface area contributed by atoms with Gasteiger partial charge in [-0.3, -0.25) is 4.79 Å². The molecular weight excluding hydrogens is 321 g/mol. The highest BCUT2D eigenvalue weighted by molar-refractivity contribution is 9.10. The predicted molar refractivity (Wildman–Crippen MR) is 71.4 cm³/mol. The van der Waals surface area contributed by atoms with Crippen molar-refractivity contribution in [3.8, 4) is 0 Å². The molecule has 5 heteroatoms. The van der Waals surface area contributed by atoms with Gasteiger partial charge < -0.3 is 0 Å². The molecule has 18 heavy (non-hydrogen) atoms. The van der Waals surface area contributed by atoms with Gasteiger partial charge in [-0.2, -0.15) is 0 Å². The van der Waals surface area contributed by atoms with Crippen LogP contribution < -0.4 is 0 Å². The van der Waals surface area contributed by atoms with Gasteiger partial charge in [-0.15, -0.1) is 0 Å². The Bertz CT molecular complexity index is 583. The Morgan fingerprint density at radius 1 is 1.33 bits per heavy atom. The Balaban J connectivity index is 2.21. The quantitative estimate of drug-likeness (QED) is 0.628. The molecule has 0 atom stereocenters. The zero-order valence-electron chi connectivity index (χ0n) is 9.16. The number of hydrogen-bond donors (Lipinski definition) is 0. The highest BCUT2D eigenvalue weighted by Gasteiger charge is 2.09. The molecular formula is C13H8BrClFNO. The fourth-order valence-corrected chi connectivity index (χ4v) is 2.26. The van der Waals surface area contributed by atoms with Crippen molar-refractivity contribution >= 4 is 33.3 Å². The Morgan fingerprint density at radius 2 is 2.11 bits per heavy atom. The van der Waals surface area contributed by atoms with E-state index in [1.54, 1.807) is 12.1 Å². The first-order valence-electron chi connectivity index (χ1n) is 5.14. The summed E-state index contributed by atoms with van der Waals surface area (Å²) in [5.74, 6) is -0.503. The maximum absolute atomic E-state index is 13.2. The van der Waals surface area contributed by atoms with Crippen LogP contribution >= 0.6 is 27.5 Å². The number of nitrogens with zero attached hydrogens (tertiary/aromatic N) is 1. The molecule has 0 N–H and O–H groups in total. The van der Waals surface area contributed by atoms with E-state index in [2.05, 4.69) is 20.9 Å². The van der Waals surface area contributed by atoms with Gasteiger partial charge in [0.15, 0.2) is 5.78 Å². The highest BCUT2D eigenvalue weighted by atomic mass is 79.9. The van der Waals surface area contributed by atoms with E-state index >= 15 is 0 Å². The molecule has 0 saturated heterocycles. The van der Waals surface area contributed by atoms with E-state index in [0.29, 0.717) is 15.6 Å². The van der Waals surface area contributed by atoms with Crippen LogP contribution in [0, 0.1) is 5.82 Å². The molecule has 0 spiro atoms. The first-order chi connectivity index (χ1) is 8.54. The summed E-state index contributed by atoms with van der Waals surface area (Å²) in [4.78, 5) is 15.8. The topological polar surface area (TPSA) is 30.0 Å². The monoisotopic (exact) mass is 327 g/mol. The average Bonchev–Trinajstić information content (AvgIpc) is 2.27. The van der Waals surface area contributed by atoms with Crippen LogP contribution in [0.2, 0.25) is 5.15 Å². The van der Waals surface area contributed by atoms with Gasteiger partial charge in [0.25, 0.3) is 0 Å². The first kappa shape index (κ1) is 13.2. The minimum Gasteiger partial charge on any atom is -0.294 e. The van der Waals surface area contributed by atoms with Crippen molar-refractivity contribution in [3.63, 3.8) is 0 Å². The number of carbonyl (C=O) groups is 1. The van der Waals surface area contributed by atoms with E-state index in [4.69, 9.17) is 11.6 Å². The standard InChI is InChI=1S/C13H8BrClFNO/c14-10-3-8(4-11(16)7-10)5-12(18)9-1-2-17-13(15)6-9/h1-4,6-7H,5H2. The molecule has 2 rings (SSSR count). The second-order valence-corrected chi connectivity index (χ2v) is 5.05. The van der Waals surface area contributed by atoms with Gasteiger partial charge in [-0.1, -0.05) is 27.5 Å². The van der Waals surface area contributed by atoms with Gasteiger partial charge in [-0.25, -0.2) is 9.37 Å². The highest BCUT2D eigenvalue weighted by Crippen LogP contribution is 2.17. The van der Waals surface area contributed by atoms with Crippen LogP contribution in [0.1, 0.15) is 15.9 Å². The number of rotatable bonds is 3. The molecule has 0 amide bonds. The van der Waals surface area contributed by atoms with Gasteiger partial charge in [0, 0.05) is 22.7 Å². The minimum atomic E-state index is -0.375. The molecule has 2 nitrogen and oxygen atoms in total. The number of pyridine rings is 1. The average molecular weight is 329 g/mol. The molecule has 1 aromatic carbocycles. The number of hydrogen-bond acceptors (Lipinski definition) is 2. The summed E-state index contributed by atoms with van der Waals surface area (Å²) in [5, 5.41) is 0.265. The van der Waals surface area contributed by atoms with Crippen molar-refractivity contribution in [2.75, 3.05) is 0 Å². The molecule has 0 aliphatic heterocycles. The smallest absolute Gasteiger partial charge is 0.167 e. The molecule has 0 radical (unpaired) electrons. The summed E-state index contributed by atoms with van der Waals surface area (Å²) >= 11 is 8.90. The van der Waals surface area contributed by atoms with Crippen LogP contribution in [0.4, 0.5) is 4.39 Å². The molecule has 2 aromatic rings. The van der Waals surface area contributed by atoms with Crippen LogP contribution in [0.25, 0.3) is 0 Å². The SMILES string of the molecule is O=C(Cc1cc(F)cc(Br)c1)c1ccnc(Cl)c1. The number of halogens is 3. The van der Waals surface area contributed by atoms with Crippen molar-refractivity contribution in [1.82, 2.24) is 4.98 Å². The molecule has 0 aliphatic carbocycles. The maximum atomic E-state index is 13.2. The van der Waals surface area contributed by atoms with E-state index in [-0.39, 0.29) is 23.2 Å². The molecule has 1 aromatic heterocycles. The third-order valence-electron chi connectivity index (χ3n) is 2.34. The fourth-order valence-electron chi connectivity index (χ4n) is 1.58. The van der Waals surface area contributed by atoms with E-state index in [9.17, 15) is 9.18 Å². The minimum absolute atomic E-state index is 0.122. The lowest BCUT2D eigenvalue weighted by Crippen LogP contribution is -2.04.